The van der Waals surface area contributed by atoms with E-state index in [9.17, 15) is 0 Å². The monoisotopic (exact) mass is 199 g/mol. The summed E-state index contributed by atoms with van der Waals surface area (Å²) in [7, 11) is 0. The lowest BCUT2D eigenvalue weighted by molar-refractivity contribution is 0.296. The van der Waals surface area contributed by atoms with Crippen LogP contribution in [0.1, 0.15) is 0 Å². The van der Waals surface area contributed by atoms with Gasteiger partial charge in [-0.15, -0.1) is 4.98 Å². The maximum atomic E-state index is 5.52. The summed E-state index contributed by atoms with van der Waals surface area (Å²) in [5, 5.41) is -0.0399. The molecule has 0 N–H and O–H groups in total. The van der Waals surface area contributed by atoms with E-state index in [0.717, 1.165) is 0 Å². The topological polar surface area (TPSA) is 57.1 Å². The fourth-order valence-corrected chi connectivity index (χ4v) is 0.737. The number of ether oxygens (including phenoxy) is 2. The zero-order valence-corrected chi connectivity index (χ0v) is 7.36. The van der Waals surface area contributed by atoms with Crippen LogP contribution in [0.25, 0.3) is 0 Å². The summed E-state index contributed by atoms with van der Waals surface area (Å²) >= 11 is 5.52. The van der Waals surface area contributed by atoms with Crippen molar-refractivity contribution >= 4 is 11.6 Å². The van der Waals surface area contributed by atoms with Gasteiger partial charge in [-0.25, -0.2) is 0 Å². The Labute approximate surface area is 81.1 Å². The normalized spacial score (nSPS) is 9.77. The first-order valence-electron chi connectivity index (χ1n) is 3.33. The number of hydrogen-bond acceptors (Lipinski definition) is 5. The number of nitrogens with zero attached hydrogens (tertiary/aromatic N) is 3. The third-order valence-electron chi connectivity index (χ3n) is 0.992. The molecule has 0 spiro atoms. The van der Waals surface area contributed by atoms with E-state index in [1.54, 1.807) is 0 Å². The Balaban J connectivity index is 2.83. The molecule has 0 bridgehead atoms. The molecule has 0 saturated heterocycles. The summed E-state index contributed by atoms with van der Waals surface area (Å²) in [5.41, 5.74) is 0. The van der Waals surface area contributed by atoms with Gasteiger partial charge in [0.2, 0.25) is 5.28 Å². The van der Waals surface area contributed by atoms with Crippen LogP contribution in [0, 0.1) is 13.8 Å². The van der Waals surface area contributed by atoms with Crippen molar-refractivity contribution in [2.45, 2.75) is 0 Å². The lowest BCUT2D eigenvalue weighted by Crippen LogP contribution is -2.03. The van der Waals surface area contributed by atoms with Gasteiger partial charge in [0.25, 0.3) is 0 Å². The van der Waals surface area contributed by atoms with Crippen molar-refractivity contribution in [2.24, 2.45) is 0 Å². The molecule has 0 amide bonds. The number of rotatable bonds is 4. The average Bonchev–Trinajstić information content (AvgIpc) is 2.04. The van der Waals surface area contributed by atoms with Gasteiger partial charge in [-0.1, -0.05) is 0 Å². The molecule has 0 saturated carbocycles. The van der Waals surface area contributed by atoms with Crippen LogP contribution in [0.3, 0.4) is 0 Å². The largest absolute Gasteiger partial charge is 0.463 e. The zero-order valence-electron chi connectivity index (χ0n) is 6.61. The predicted molar refractivity (Wildman–Crippen MR) is 44.4 cm³/mol. The molecule has 5 nitrogen and oxygen atoms in total. The molecule has 0 atom stereocenters. The molecule has 1 heterocycles. The highest BCUT2D eigenvalue weighted by Gasteiger charge is 2.05. The Bertz CT molecular complexity index is 258. The first kappa shape index (κ1) is 9.98. The summed E-state index contributed by atoms with van der Waals surface area (Å²) in [5.74, 6) is 0. The highest BCUT2D eigenvalue weighted by Crippen LogP contribution is 2.12. The molecule has 68 valence electrons. The van der Waals surface area contributed by atoms with Gasteiger partial charge in [-0.2, -0.15) is 9.97 Å². The van der Waals surface area contributed by atoms with Crippen LogP contribution in [0.5, 0.6) is 12.0 Å². The predicted octanol–water partition coefficient (Wildman–Crippen LogP) is 0.705. The fourth-order valence-electron chi connectivity index (χ4n) is 0.593. The van der Waals surface area contributed by atoms with E-state index in [4.69, 9.17) is 34.9 Å². The summed E-state index contributed by atoms with van der Waals surface area (Å²) in [6, 6.07) is 0.0110. The van der Waals surface area contributed by atoms with Gasteiger partial charge in [0.05, 0.1) is 13.2 Å². The molecular weight excluding hydrogens is 194 g/mol. The van der Waals surface area contributed by atoms with Crippen molar-refractivity contribution in [3.05, 3.63) is 19.1 Å². The summed E-state index contributed by atoms with van der Waals surface area (Å²) in [4.78, 5) is 11.0. The third kappa shape index (κ3) is 3.02. The van der Waals surface area contributed by atoms with Crippen LogP contribution >= 0.6 is 11.6 Å². The van der Waals surface area contributed by atoms with Crippen LogP contribution in [-0.4, -0.2) is 28.2 Å². The molecular formula is C7H6ClN3O2. The highest BCUT2D eigenvalue weighted by atomic mass is 35.5. The van der Waals surface area contributed by atoms with Crippen molar-refractivity contribution in [1.29, 1.82) is 0 Å². The maximum Gasteiger partial charge on any atom is 0.323 e. The van der Waals surface area contributed by atoms with Crippen molar-refractivity contribution < 1.29 is 9.47 Å². The molecule has 0 fully saturated rings. The molecule has 4 radical (unpaired) electrons. The number of aromatic nitrogens is 3. The standard InChI is InChI=1S/C7H6ClN3O2/c1-3-12-6-9-5(8)10-7(11-6)13-4-2/h1-2H,3-4H2. The lowest BCUT2D eigenvalue weighted by atomic mass is 10.8. The third-order valence-corrected chi connectivity index (χ3v) is 1.16. The van der Waals surface area contributed by atoms with E-state index < -0.39 is 0 Å². The van der Waals surface area contributed by atoms with E-state index in [2.05, 4.69) is 15.0 Å². The lowest BCUT2D eigenvalue weighted by Gasteiger charge is -2.03. The summed E-state index contributed by atoms with van der Waals surface area (Å²) < 4.78 is 9.57. The maximum absolute atomic E-state index is 5.52. The second kappa shape index (κ2) is 4.81. The molecule has 0 aliphatic carbocycles. The van der Waals surface area contributed by atoms with Crippen LogP contribution in [-0.2, 0) is 0 Å². The zero-order chi connectivity index (χ0) is 9.68. The molecule has 1 aromatic rings. The SMILES string of the molecule is [CH]COc1nc(Cl)nc(OC[CH])n1. The second-order valence-electron chi connectivity index (χ2n) is 1.79. The van der Waals surface area contributed by atoms with Crippen molar-refractivity contribution in [1.82, 2.24) is 15.0 Å². The summed E-state index contributed by atoms with van der Waals surface area (Å²) in [6.07, 6.45) is 0. The molecule has 0 aliphatic rings. The minimum Gasteiger partial charge on any atom is -0.463 e. The van der Waals surface area contributed by atoms with Crippen LogP contribution in [0.4, 0.5) is 0 Å². The van der Waals surface area contributed by atoms with Crippen molar-refractivity contribution in [3.8, 4) is 12.0 Å². The Kier molecular flexibility index (Phi) is 3.70. The first-order chi connectivity index (χ1) is 6.26. The molecule has 6 heteroatoms. The van der Waals surface area contributed by atoms with Crippen molar-refractivity contribution in [2.75, 3.05) is 13.2 Å². The molecule has 0 unspecified atom stereocenters. The smallest absolute Gasteiger partial charge is 0.323 e. The van der Waals surface area contributed by atoms with Gasteiger partial charge in [-0.3, -0.25) is 0 Å². The minimum atomic E-state index is -0.0532. The van der Waals surface area contributed by atoms with Gasteiger partial charge in [0.1, 0.15) is 0 Å². The van der Waals surface area contributed by atoms with Gasteiger partial charge >= 0.3 is 12.0 Å². The van der Waals surface area contributed by atoms with Gasteiger partial charge in [-0.05, 0) is 11.6 Å². The van der Waals surface area contributed by atoms with Gasteiger partial charge in [0, 0.05) is 13.8 Å². The van der Waals surface area contributed by atoms with E-state index in [0.29, 0.717) is 0 Å². The van der Waals surface area contributed by atoms with Crippen LogP contribution in [0.2, 0.25) is 5.28 Å². The molecule has 0 aliphatic heterocycles. The second-order valence-corrected chi connectivity index (χ2v) is 2.13. The van der Waals surface area contributed by atoms with E-state index in [-0.39, 0.29) is 30.5 Å². The van der Waals surface area contributed by atoms with E-state index in [1.165, 1.54) is 0 Å². The molecule has 13 heavy (non-hydrogen) atoms. The minimum absolute atomic E-state index is 0.00551. The molecule has 1 rings (SSSR count). The molecule has 1 aromatic heterocycles. The van der Waals surface area contributed by atoms with Crippen LogP contribution < -0.4 is 9.47 Å². The quantitative estimate of drug-likeness (QED) is 0.715. The fraction of sp³-hybridized carbons (Fsp3) is 0.286. The van der Waals surface area contributed by atoms with Gasteiger partial charge in [0.15, 0.2) is 0 Å². The summed E-state index contributed by atoms with van der Waals surface area (Å²) in [6.45, 7) is 10.1. The van der Waals surface area contributed by atoms with Crippen LogP contribution in [0.15, 0.2) is 0 Å². The van der Waals surface area contributed by atoms with Gasteiger partial charge < -0.3 is 9.47 Å². The van der Waals surface area contributed by atoms with Crippen molar-refractivity contribution in [3.63, 3.8) is 0 Å². The van der Waals surface area contributed by atoms with E-state index in [1.807, 2.05) is 0 Å². The Morgan fingerprint density at radius 3 is 1.85 bits per heavy atom. The average molecular weight is 200 g/mol. The Morgan fingerprint density at radius 1 is 1.00 bits per heavy atom. The number of hydrogen-bond donors (Lipinski definition) is 0. The Morgan fingerprint density at radius 2 is 1.46 bits per heavy atom. The first-order valence-corrected chi connectivity index (χ1v) is 3.71. The molecule has 0 aromatic carbocycles. The highest BCUT2D eigenvalue weighted by molar-refractivity contribution is 6.28. The van der Waals surface area contributed by atoms with E-state index >= 15 is 0 Å². The number of halogens is 1. The Hall–Kier alpha value is -1.10.